The summed E-state index contributed by atoms with van der Waals surface area (Å²) in [6.07, 6.45) is 4.63. The first-order chi connectivity index (χ1) is 10.3. The van der Waals surface area contributed by atoms with Gasteiger partial charge < -0.3 is 20.3 Å². The van der Waals surface area contributed by atoms with E-state index in [4.69, 9.17) is 4.74 Å². The van der Waals surface area contributed by atoms with E-state index in [-0.39, 0.29) is 0 Å². The van der Waals surface area contributed by atoms with Crippen LogP contribution >= 0.6 is 0 Å². The van der Waals surface area contributed by atoms with Crippen LogP contribution in [0.4, 0.5) is 0 Å². The second-order valence-electron chi connectivity index (χ2n) is 5.06. The zero-order valence-corrected chi connectivity index (χ0v) is 14.6. The van der Waals surface area contributed by atoms with E-state index >= 15 is 0 Å². The smallest absolute Gasteiger partial charge is 0.190 e. The van der Waals surface area contributed by atoms with Gasteiger partial charge in [0.25, 0.3) is 0 Å². The fourth-order valence-electron chi connectivity index (χ4n) is 2.11. The molecule has 0 unspecified atom stereocenters. The molecule has 0 aromatic rings. The summed E-state index contributed by atoms with van der Waals surface area (Å²) < 4.78 is 5.32. The Morgan fingerprint density at radius 3 is 2.10 bits per heavy atom. The molecule has 0 rings (SSSR count). The molecule has 0 radical (unpaired) electrons. The van der Waals surface area contributed by atoms with E-state index in [1.165, 1.54) is 19.4 Å². The highest BCUT2D eigenvalue weighted by Crippen LogP contribution is 1.94. The van der Waals surface area contributed by atoms with Gasteiger partial charge in [-0.3, -0.25) is 4.99 Å². The van der Waals surface area contributed by atoms with Crippen molar-refractivity contribution in [3.8, 4) is 0 Å². The molecule has 0 heterocycles. The molecule has 0 spiro atoms. The predicted octanol–water partition coefficient (Wildman–Crippen LogP) is 2.09. The Bertz CT molecular complexity index is 242. The van der Waals surface area contributed by atoms with E-state index in [1.807, 2.05) is 14.0 Å². The van der Waals surface area contributed by atoms with Gasteiger partial charge >= 0.3 is 0 Å². The minimum absolute atomic E-state index is 0.810. The van der Waals surface area contributed by atoms with Gasteiger partial charge in [-0.05, 0) is 52.2 Å². The fourth-order valence-corrected chi connectivity index (χ4v) is 2.11. The molecule has 0 aromatic carbocycles. The quantitative estimate of drug-likeness (QED) is 0.311. The van der Waals surface area contributed by atoms with Crippen LogP contribution in [0.3, 0.4) is 0 Å². The molecule has 0 saturated carbocycles. The lowest BCUT2D eigenvalue weighted by atomic mass is 10.3. The van der Waals surface area contributed by atoms with Crippen LogP contribution in [0.2, 0.25) is 0 Å². The van der Waals surface area contributed by atoms with Crippen molar-refractivity contribution >= 4 is 5.96 Å². The summed E-state index contributed by atoms with van der Waals surface area (Å²) in [5.74, 6) is 0.911. The van der Waals surface area contributed by atoms with Gasteiger partial charge in [-0.25, -0.2) is 0 Å². The SMILES string of the molecule is CCOCCCCNC(=NC)NCCCCN(CC)CC. The minimum atomic E-state index is 0.810. The number of nitrogens with one attached hydrogen (secondary N) is 2. The predicted molar refractivity (Wildman–Crippen MR) is 92.1 cm³/mol. The Labute approximate surface area is 131 Å². The molecule has 5 heteroatoms. The van der Waals surface area contributed by atoms with E-state index in [2.05, 4.69) is 34.4 Å². The third-order valence-electron chi connectivity index (χ3n) is 3.52. The number of unbranched alkanes of at least 4 members (excludes halogenated alkanes) is 2. The molecule has 0 fully saturated rings. The van der Waals surface area contributed by atoms with Crippen molar-refractivity contribution in [2.24, 2.45) is 4.99 Å². The van der Waals surface area contributed by atoms with Gasteiger partial charge in [0.15, 0.2) is 5.96 Å². The van der Waals surface area contributed by atoms with Crippen molar-refractivity contribution in [1.82, 2.24) is 15.5 Å². The molecule has 0 amide bonds. The lowest BCUT2D eigenvalue weighted by molar-refractivity contribution is 0.143. The molecule has 0 bridgehead atoms. The minimum Gasteiger partial charge on any atom is -0.382 e. The van der Waals surface area contributed by atoms with Crippen LogP contribution < -0.4 is 10.6 Å². The molecule has 2 N–H and O–H groups in total. The molecule has 21 heavy (non-hydrogen) atoms. The average molecular weight is 300 g/mol. The van der Waals surface area contributed by atoms with Crippen molar-refractivity contribution in [1.29, 1.82) is 0 Å². The third-order valence-corrected chi connectivity index (χ3v) is 3.52. The van der Waals surface area contributed by atoms with Crippen molar-refractivity contribution in [3.05, 3.63) is 0 Å². The Morgan fingerprint density at radius 1 is 0.952 bits per heavy atom. The highest BCUT2D eigenvalue weighted by molar-refractivity contribution is 5.79. The number of rotatable bonds is 13. The van der Waals surface area contributed by atoms with Crippen molar-refractivity contribution in [2.45, 2.75) is 46.5 Å². The lowest BCUT2D eigenvalue weighted by Crippen LogP contribution is -2.38. The monoisotopic (exact) mass is 300 g/mol. The van der Waals surface area contributed by atoms with Crippen molar-refractivity contribution in [2.75, 3.05) is 53.0 Å². The summed E-state index contributed by atoms with van der Waals surface area (Å²) in [4.78, 5) is 6.70. The van der Waals surface area contributed by atoms with Gasteiger partial charge in [-0.2, -0.15) is 0 Å². The number of hydrogen-bond donors (Lipinski definition) is 2. The maximum absolute atomic E-state index is 5.32. The Balaban J connectivity index is 3.49. The molecule has 0 aromatic heterocycles. The average Bonchev–Trinajstić information content (AvgIpc) is 2.52. The molecule has 5 nitrogen and oxygen atoms in total. The van der Waals surface area contributed by atoms with E-state index in [1.54, 1.807) is 0 Å². The molecular weight excluding hydrogens is 264 g/mol. The first-order valence-electron chi connectivity index (χ1n) is 8.53. The first kappa shape index (κ1) is 20.2. The highest BCUT2D eigenvalue weighted by Gasteiger charge is 1.99. The van der Waals surface area contributed by atoms with Crippen molar-refractivity contribution in [3.63, 3.8) is 0 Å². The van der Waals surface area contributed by atoms with Crippen LogP contribution in [0, 0.1) is 0 Å². The largest absolute Gasteiger partial charge is 0.382 e. The van der Waals surface area contributed by atoms with Gasteiger partial charge in [0.2, 0.25) is 0 Å². The van der Waals surface area contributed by atoms with Crippen LogP contribution in [0.1, 0.15) is 46.5 Å². The van der Waals surface area contributed by atoms with Crippen LogP contribution in [-0.2, 0) is 4.74 Å². The number of aliphatic imine (C=N–C) groups is 1. The summed E-state index contributed by atoms with van der Waals surface area (Å²) >= 11 is 0. The number of guanidine groups is 1. The maximum atomic E-state index is 5.32. The van der Waals surface area contributed by atoms with E-state index in [0.29, 0.717) is 0 Å². The Kier molecular flexibility index (Phi) is 15.0. The number of ether oxygens (including phenoxy) is 1. The van der Waals surface area contributed by atoms with E-state index in [0.717, 1.165) is 58.2 Å². The molecule has 126 valence electrons. The third kappa shape index (κ3) is 12.6. The van der Waals surface area contributed by atoms with Crippen LogP contribution in [0.25, 0.3) is 0 Å². The van der Waals surface area contributed by atoms with Crippen LogP contribution in [-0.4, -0.2) is 63.8 Å². The van der Waals surface area contributed by atoms with Gasteiger partial charge in [-0.1, -0.05) is 13.8 Å². The molecule has 0 aliphatic rings. The normalized spacial score (nSPS) is 12.0. The highest BCUT2D eigenvalue weighted by atomic mass is 16.5. The molecule has 0 saturated heterocycles. The molecular formula is C16H36N4O. The van der Waals surface area contributed by atoms with Gasteiger partial charge in [0.05, 0.1) is 0 Å². The van der Waals surface area contributed by atoms with Gasteiger partial charge in [-0.15, -0.1) is 0 Å². The second kappa shape index (κ2) is 15.6. The Morgan fingerprint density at radius 2 is 1.57 bits per heavy atom. The Hall–Kier alpha value is -0.810. The van der Waals surface area contributed by atoms with E-state index in [9.17, 15) is 0 Å². The summed E-state index contributed by atoms with van der Waals surface area (Å²) in [6, 6.07) is 0. The maximum Gasteiger partial charge on any atom is 0.190 e. The van der Waals surface area contributed by atoms with Gasteiger partial charge in [0.1, 0.15) is 0 Å². The molecule has 0 aliphatic heterocycles. The van der Waals surface area contributed by atoms with Crippen molar-refractivity contribution < 1.29 is 4.74 Å². The summed E-state index contributed by atoms with van der Waals surface area (Å²) in [6.45, 7) is 13.6. The van der Waals surface area contributed by atoms with E-state index < -0.39 is 0 Å². The first-order valence-corrected chi connectivity index (χ1v) is 8.53. The standard InChI is InChI=1S/C16H36N4O/c1-5-20(6-2)14-10-8-12-18-16(17-4)19-13-9-11-15-21-7-3/h5-15H2,1-4H3,(H2,17,18,19). The molecule has 0 aliphatic carbocycles. The fraction of sp³-hybridized carbons (Fsp3) is 0.938. The second-order valence-corrected chi connectivity index (χ2v) is 5.06. The molecule has 0 atom stereocenters. The number of nitrogens with zero attached hydrogens (tertiary/aromatic N) is 2. The summed E-state index contributed by atoms with van der Waals surface area (Å²) in [5, 5.41) is 6.71. The zero-order valence-electron chi connectivity index (χ0n) is 14.6. The zero-order chi connectivity index (χ0) is 15.8. The summed E-state index contributed by atoms with van der Waals surface area (Å²) in [5.41, 5.74) is 0. The number of hydrogen-bond acceptors (Lipinski definition) is 3. The van der Waals surface area contributed by atoms with Gasteiger partial charge in [0, 0.05) is 33.4 Å². The van der Waals surface area contributed by atoms with Crippen LogP contribution in [0.5, 0.6) is 0 Å². The summed E-state index contributed by atoms with van der Waals surface area (Å²) in [7, 11) is 1.82. The van der Waals surface area contributed by atoms with Crippen LogP contribution in [0.15, 0.2) is 4.99 Å². The topological polar surface area (TPSA) is 48.9 Å². The lowest BCUT2D eigenvalue weighted by Gasteiger charge is -2.18.